The van der Waals surface area contributed by atoms with Crippen LogP contribution in [0.2, 0.25) is 0 Å². The first-order valence-electron chi connectivity index (χ1n) is 11.6. The summed E-state index contributed by atoms with van der Waals surface area (Å²) in [7, 11) is 0. The molecule has 0 amide bonds. The molecule has 0 spiro atoms. The first kappa shape index (κ1) is 19.2. The van der Waals surface area contributed by atoms with Gasteiger partial charge in [0, 0.05) is 58.4 Å². The van der Waals surface area contributed by atoms with E-state index >= 15 is 0 Å². The van der Waals surface area contributed by atoms with Crippen molar-refractivity contribution in [3.05, 3.63) is 0 Å². The molecule has 0 aromatic rings. The maximum absolute atomic E-state index is 2.89. The van der Waals surface area contributed by atoms with Crippen molar-refractivity contribution in [3.8, 4) is 0 Å². The minimum atomic E-state index is 0.716. The van der Waals surface area contributed by atoms with Crippen LogP contribution < -0.4 is 0 Å². The fraction of sp³-hybridized carbons (Fsp3) is 1.00. The fourth-order valence-corrected chi connectivity index (χ4v) is 6.56. The third-order valence-corrected chi connectivity index (χ3v) is 8.07. The van der Waals surface area contributed by atoms with Crippen LogP contribution in [0.15, 0.2) is 0 Å². The van der Waals surface area contributed by atoms with Crippen molar-refractivity contribution in [3.63, 3.8) is 0 Å². The fourth-order valence-electron chi connectivity index (χ4n) is 6.56. The number of rotatable bonds is 7. The molecule has 2 heterocycles. The van der Waals surface area contributed by atoms with E-state index in [1.165, 1.54) is 84.5 Å². The molecular formula is C23H43N3. The van der Waals surface area contributed by atoms with E-state index in [4.69, 9.17) is 0 Å². The SMILES string of the molecule is CC(C)CC1(CN2C[C@H]3CC[C@@H](C2)[C@@H]3CN2CCN(C(C)C)CC2)CC1. The summed E-state index contributed by atoms with van der Waals surface area (Å²) in [5.41, 5.74) is 0.716. The van der Waals surface area contributed by atoms with Gasteiger partial charge in [0.05, 0.1) is 0 Å². The second-order valence-electron chi connectivity index (χ2n) is 11.0. The summed E-state index contributed by atoms with van der Waals surface area (Å²) in [6, 6.07) is 0.720. The Hall–Kier alpha value is -0.120. The van der Waals surface area contributed by atoms with E-state index in [9.17, 15) is 0 Å². The van der Waals surface area contributed by atoms with Gasteiger partial charge < -0.3 is 9.80 Å². The van der Waals surface area contributed by atoms with Gasteiger partial charge >= 0.3 is 0 Å². The highest BCUT2D eigenvalue weighted by Gasteiger charge is 2.48. The molecule has 4 aliphatic rings. The summed E-state index contributed by atoms with van der Waals surface area (Å²) in [6.07, 6.45) is 7.48. The van der Waals surface area contributed by atoms with E-state index in [1.807, 2.05) is 0 Å². The van der Waals surface area contributed by atoms with Gasteiger partial charge in [0.15, 0.2) is 0 Å². The Morgan fingerprint density at radius 2 is 1.46 bits per heavy atom. The smallest absolute Gasteiger partial charge is 0.0113 e. The molecule has 3 heteroatoms. The quantitative estimate of drug-likeness (QED) is 0.683. The molecule has 2 bridgehead atoms. The third-order valence-electron chi connectivity index (χ3n) is 8.07. The molecular weight excluding hydrogens is 318 g/mol. The average molecular weight is 362 g/mol. The number of fused-ring (bicyclic) bond motifs is 2. The van der Waals surface area contributed by atoms with Gasteiger partial charge in [0.1, 0.15) is 0 Å². The zero-order chi connectivity index (χ0) is 18.3. The lowest BCUT2D eigenvalue weighted by molar-refractivity contribution is 0.0416. The van der Waals surface area contributed by atoms with Crippen LogP contribution in [0.25, 0.3) is 0 Å². The molecule has 2 aliphatic heterocycles. The third kappa shape index (κ3) is 4.31. The largest absolute Gasteiger partial charge is 0.302 e. The Balaban J connectivity index is 1.27. The van der Waals surface area contributed by atoms with Crippen LogP contribution >= 0.6 is 0 Å². The molecule has 26 heavy (non-hydrogen) atoms. The molecule has 0 aromatic heterocycles. The summed E-state index contributed by atoms with van der Waals surface area (Å²) >= 11 is 0. The lowest BCUT2D eigenvalue weighted by Gasteiger charge is -2.43. The second kappa shape index (κ2) is 7.72. The van der Waals surface area contributed by atoms with Gasteiger partial charge in [-0.2, -0.15) is 0 Å². The number of likely N-dealkylation sites (tertiary alicyclic amines) is 1. The molecule has 150 valence electrons. The van der Waals surface area contributed by atoms with Crippen LogP contribution in [-0.2, 0) is 0 Å². The Labute approximate surface area is 162 Å². The average Bonchev–Trinajstić information content (AvgIpc) is 3.28. The Morgan fingerprint density at radius 1 is 0.846 bits per heavy atom. The number of hydrogen-bond donors (Lipinski definition) is 0. The predicted molar refractivity (Wildman–Crippen MR) is 110 cm³/mol. The second-order valence-corrected chi connectivity index (χ2v) is 11.0. The lowest BCUT2D eigenvalue weighted by atomic mass is 9.83. The summed E-state index contributed by atoms with van der Waals surface area (Å²) in [5, 5.41) is 0. The zero-order valence-corrected chi connectivity index (χ0v) is 17.9. The van der Waals surface area contributed by atoms with E-state index < -0.39 is 0 Å². The van der Waals surface area contributed by atoms with E-state index in [0.29, 0.717) is 5.41 Å². The van der Waals surface area contributed by atoms with Crippen LogP contribution in [0.1, 0.15) is 59.8 Å². The van der Waals surface area contributed by atoms with Crippen LogP contribution in [-0.4, -0.2) is 73.1 Å². The minimum absolute atomic E-state index is 0.716. The van der Waals surface area contributed by atoms with Crippen molar-refractivity contribution in [1.29, 1.82) is 0 Å². The Kier molecular flexibility index (Phi) is 5.70. The number of piperidine rings is 1. The molecule has 2 saturated carbocycles. The van der Waals surface area contributed by atoms with E-state index in [-0.39, 0.29) is 0 Å². The van der Waals surface area contributed by atoms with Gasteiger partial charge in [-0.15, -0.1) is 0 Å². The van der Waals surface area contributed by atoms with Gasteiger partial charge in [0.2, 0.25) is 0 Å². The summed E-state index contributed by atoms with van der Waals surface area (Å²) in [5.74, 6) is 3.85. The summed E-state index contributed by atoms with van der Waals surface area (Å²) in [6.45, 7) is 20.3. The van der Waals surface area contributed by atoms with Gasteiger partial charge in [-0.05, 0) is 75.0 Å². The Morgan fingerprint density at radius 3 is 1.96 bits per heavy atom. The molecule has 0 aromatic carbocycles. The van der Waals surface area contributed by atoms with Gasteiger partial charge in [-0.3, -0.25) is 4.90 Å². The van der Waals surface area contributed by atoms with E-state index in [2.05, 4.69) is 42.4 Å². The van der Waals surface area contributed by atoms with Crippen molar-refractivity contribution >= 4 is 0 Å². The van der Waals surface area contributed by atoms with Gasteiger partial charge in [0.25, 0.3) is 0 Å². The van der Waals surface area contributed by atoms with Crippen LogP contribution in [0.5, 0.6) is 0 Å². The minimum Gasteiger partial charge on any atom is -0.302 e. The predicted octanol–water partition coefficient (Wildman–Crippen LogP) is 3.80. The maximum Gasteiger partial charge on any atom is 0.0113 e. The standard InChI is InChI=1S/C23H43N3/c1-18(2)13-23(7-8-23)17-25-14-20-5-6-21(15-25)22(20)16-24-9-11-26(12-10-24)19(3)4/h18-22H,5-17H2,1-4H3/t20-,21+,22-. The van der Waals surface area contributed by atoms with E-state index in [0.717, 1.165) is 29.7 Å². The number of piperazine rings is 1. The first-order chi connectivity index (χ1) is 12.4. The summed E-state index contributed by atoms with van der Waals surface area (Å²) < 4.78 is 0. The lowest BCUT2D eigenvalue weighted by Crippen LogP contribution is -2.52. The highest BCUT2D eigenvalue weighted by atomic mass is 15.3. The molecule has 0 radical (unpaired) electrons. The monoisotopic (exact) mass is 361 g/mol. The highest BCUT2D eigenvalue weighted by Crippen LogP contribution is 2.52. The van der Waals surface area contributed by atoms with Crippen LogP contribution in [0.4, 0.5) is 0 Å². The molecule has 3 atom stereocenters. The molecule has 4 rings (SSSR count). The Bertz CT molecular complexity index is 448. The van der Waals surface area contributed by atoms with Crippen LogP contribution in [0, 0.1) is 29.1 Å². The topological polar surface area (TPSA) is 9.72 Å². The van der Waals surface area contributed by atoms with Crippen molar-refractivity contribution in [2.45, 2.75) is 65.8 Å². The van der Waals surface area contributed by atoms with E-state index in [1.54, 1.807) is 0 Å². The molecule has 2 aliphatic carbocycles. The van der Waals surface area contributed by atoms with Crippen molar-refractivity contribution in [2.24, 2.45) is 29.1 Å². The molecule has 2 saturated heterocycles. The summed E-state index contributed by atoms with van der Waals surface area (Å²) in [4.78, 5) is 8.34. The molecule has 3 nitrogen and oxygen atoms in total. The normalized spacial score (nSPS) is 35.5. The number of nitrogens with zero attached hydrogens (tertiary/aromatic N) is 3. The van der Waals surface area contributed by atoms with Crippen molar-refractivity contribution in [2.75, 3.05) is 52.4 Å². The zero-order valence-electron chi connectivity index (χ0n) is 17.9. The van der Waals surface area contributed by atoms with Crippen molar-refractivity contribution < 1.29 is 0 Å². The molecule has 4 fully saturated rings. The highest BCUT2D eigenvalue weighted by molar-refractivity contribution is 5.00. The van der Waals surface area contributed by atoms with Gasteiger partial charge in [-0.1, -0.05) is 13.8 Å². The number of hydrogen-bond acceptors (Lipinski definition) is 3. The van der Waals surface area contributed by atoms with Gasteiger partial charge in [-0.25, -0.2) is 0 Å². The molecule has 0 N–H and O–H groups in total. The molecule has 0 unspecified atom stereocenters. The van der Waals surface area contributed by atoms with Crippen LogP contribution in [0.3, 0.4) is 0 Å². The first-order valence-corrected chi connectivity index (χ1v) is 11.6. The van der Waals surface area contributed by atoms with Crippen molar-refractivity contribution in [1.82, 2.24) is 14.7 Å². The maximum atomic E-state index is 2.89.